The highest BCUT2D eigenvalue weighted by Crippen LogP contribution is 2.19. The minimum Gasteiger partial charge on any atom is -0.316 e. The van der Waals surface area contributed by atoms with Crippen LogP contribution < -0.4 is 5.32 Å². The molecule has 2 rings (SSSR count). The van der Waals surface area contributed by atoms with E-state index in [9.17, 15) is 4.39 Å². The first-order valence-electron chi connectivity index (χ1n) is 5.15. The zero-order chi connectivity index (χ0) is 11.4. The number of aromatic nitrogens is 1. The molecule has 0 amide bonds. The average Bonchev–Trinajstić information content (AvgIpc) is 2.33. The van der Waals surface area contributed by atoms with Crippen molar-refractivity contribution in [3.05, 3.63) is 54.0 Å². The van der Waals surface area contributed by atoms with E-state index in [0.717, 1.165) is 11.3 Å². The van der Waals surface area contributed by atoms with Crippen LogP contribution in [0.4, 0.5) is 4.39 Å². The molecular formula is C13H13FN2. The fraction of sp³-hybridized carbons (Fsp3) is 0.154. The summed E-state index contributed by atoms with van der Waals surface area (Å²) in [7, 11) is 1.80. The Balaban J connectivity index is 2.35. The predicted molar refractivity (Wildman–Crippen MR) is 62.4 cm³/mol. The van der Waals surface area contributed by atoms with Crippen molar-refractivity contribution in [3.8, 4) is 11.3 Å². The summed E-state index contributed by atoms with van der Waals surface area (Å²) in [5.41, 5.74) is 2.26. The van der Waals surface area contributed by atoms with E-state index in [1.807, 2.05) is 24.3 Å². The molecule has 0 saturated carbocycles. The summed E-state index contributed by atoms with van der Waals surface area (Å²) >= 11 is 0. The maximum atomic E-state index is 13.7. The van der Waals surface area contributed by atoms with Gasteiger partial charge >= 0.3 is 0 Å². The lowest BCUT2D eigenvalue weighted by Crippen LogP contribution is -2.06. The van der Waals surface area contributed by atoms with Crippen molar-refractivity contribution in [2.75, 3.05) is 7.05 Å². The van der Waals surface area contributed by atoms with Gasteiger partial charge in [0.25, 0.3) is 0 Å². The Labute approximate surface area is 94.2 Å². The molecule has 0 aliphatic heterocycles. The quantitative estimate of drug-likeness (QED) is 0.853. The van der Waals surface area contributed by atoms with Crippen molar-refractivity contribution in [2.45, 2.75) is 6.54 Å². The Morgan fingerprint density at radius 1 is 1.25 bits per heavy atom. The molecule has 0 aliphatic rings. The van der Waals surface area contributed by atoms with Crippen LogP contribution in [0.5, 0.6) is 0 Å². The minimum absolute atomic E-state index is 0.197. The number of halogens is 1. The monoisotopic (exact) mass is 216 g/mol. The second-order valence-electron chi connectivity index (χ2n) is 3.55. The van der Waals surface area contributed by atoms with Crippen LogP contribution in [0.15, 0.2) is 42.6 Å². The Kier molecular flexibility index (Phi) is 3.27. The maximum Gasteiger partial charge on any atom is 0.128 e. The highest BCUT2D eigenvalue weighted by atomic mass is 19.1. The lowest BCUT2D eigenvalue weighted by atomic mass is 10.1. The highest BCUT2D eigenvalue weighted by molar-refractivity contribution is 5.59. The van der Waals surface area contributed by atoms with Gasteiger partial charge in [-0.05, 0) is 25.2 Å². The molecule has 0 radical (unpaired) electrons. The topological polar surface area (TPSA) is 24.9 Å². The molecule has 0 aliphatic carbocycles. The number of benzene rings is 1. The van der Waals surface area contributed by atoms with Gasteiger partial charge in [-0.15, -0.1) is 0 Å². The summed E-state index contributed by atoms with van der Waals surface area (Å²) in [4.78, 5) is 4.18. The standard InChI is InChI=1S/C13H13FN2/c1-15-9-11-6-5-10(8-12(11)14)13-4-2-3-7-16-13/h2-8,15H,9H2,1H3. The normalized spacial score (nSPS) is 10.4. The molecule has 0 atom stereocenters. The van der Waals surface area contributed by atoms with Gasteiger partial charge in [0.1, 0.15) is 5.82 Å². The minimum atomic E-state index is -0.197. The van der Waals surface area contributed by atoms with Gasteiger partial charge in [0.05, 0.1) is 5.69 Å². The van der Waals surface area contributed by atoms with Crippen LogP contribution in [0.25, 0.3) is 11.3 Å². The molecule has 3 heteroatoms. The lowest BCUT2D eigenvalue weighted by Gasteiger charge is -2.05. The Morgan fingerprint density at radius 3 is 2.75 bits per heavy atom. The van der Waals surface area contributed by atoms with Crippen LogP contribution in [-0.4, -0.2) is 12.0 Å². The predicted octanol–water partition coefficient (Wildman–Crippen LogP) is 2.61. The van der Waals surface area contributed by atoms with Gasteiger partial charge in [-0.3, -0.25) is 4.98 Å². The van der Waals surface area contributed by atoms with Crippen LogP contribution in [0.1, 0.15) is 5.56 Å². The van der Waals surface area contributed by atoms with Crippen LogP contribution in [0, 0.1) is 5.82 Å². The maximum absolute atomic E-state index is 13.7. The molecule has 0 fully saturated rings. The number of hydrogen-bond acceptors (Lipinski definition) is 2. The summed E-state index contributed by atoms with van der Waals surface area (Å²) in [6.45, 7) is 0.536. The van der Waals surface area contributed by atoms with Gasteiger partial charge in [0.2, 0.25) is 0 Å². The number of hydrogen-bond donors (Lipinski definition) is 1. The van der Waals surface area contributed by atoms with Crippen LogP contribution in [-0.2, 0) is 6.54 Å². The van der Waals surface area contributed by atoms with E-state index < -0.39 is 0 Å². The first-order valence-corrected chi connectivity index (χ1v) is 5.15. The van der Waals surface area contributed by atoms with E-state index in [0.29, 0.717) is 12.1 Å². The van der Waals surface area contributed by atoms with Crippen molar-refractivity contribution in [3.63, 3.8) is 0 Å². The summed E-state index contributed by atoms with van der Waals surface area (Å²) in [5, 5.41) is 2.93. The average molecular weight is 216 g/mol. The SMILES string of the molecule is CNCc1ccc(-c2ccccn2)cc1F. The third-order valence-electron chi connectivity index (χ3n) is 2.38. The van der Waals surface area contributed by atoms with Crippen molar-refractivity contribution < 1.29 is 4.39 Å². The van der Waals surface area contributed by atoms with Gasteiger partial charge < -0.3 is 5.32 Å². The lowest BCUT2D eigenvalue weighted by molar-refractivity contribution is 0.601. The molecular weight excluding hydrogens is 203 g/mol. The molecule has 2 aromatic rings. The number of pyridine rings is 1. The summed E-state index contributed by atoms with van der Waals surface area (Å²) in [6, 6.07) is 10.8. The molecule has 1 heterocycles. The highest BCUT2D eigenvalue weighted by Gasteiger charge is 2.04. The first kappa shape index (κ1) is 10.8. The van der Waals surface area contributed by atoms with Crippen molar-refractivity contribution in [1.82, 2.24) is 10.3 Å². The molecule has 0 saturated heterocycles. The van der Waals surface area contributed by atoms with Crippen LogP contribution in [0.2, 0.25) is 0 Å². The third kappa shape index (κ3) is 2.25. The van der Waals surface area contributed by atoms with Gasteiger partial charge in [-0.25, -0.2) is 4.39 Å². The van der Waals surface area contributed by atoms with E-state index in [1.165, 1.54) is 6.07 Å². The molecule has 2 nitrogen and oxygen atoms in total. The molecule has 1 N–H and O–H groups in total. The largest absolute Gasteiger partial charge is 0.316 e. The Morgan fingerprint density at radius 2 is 2.12 bits per heavy atom. The molecule has 82 valence electrons. The van der Waals surface area contributed by atoms with Crippen molar-refractivity contribution in [1.29, 1.82) is 0 Å². The summed E-state index contributed by atoms with van der Waals surface area (Å²) < 4.78 is 13.7. The Hall–Kier alpha value is -1.74. The smallest absolute Gasteiger partial charge is 0.128 e. The zero-order valence-corrected chi connectivity index (χ0v) is 9.07. The number of rotatable bonds is 3. The van der Waals surface area contributed by atoms with E-state index in [1.54, 1.807) is 19.3 Å². The van der Waals surface area contributed by atoms with Gasteiger partial charge in [0, 0.05) is 23.9 Å². The van der Waals surface area contributed by atoms with E-state index in [2.05, 4.69) is 10.3 Å². The fourth-order valence-corrected chi connectivity index (χ4v) is 1.57. The van der Waals surface area contributed by atoms with Gasteiger partial charge in [-0.1, -0.05) is 18.2 Å². The van der Waals surface area contributed by atoms with E-state index >= 15 is 0 Å². The van der Waals surface area contributed by atoms with Crippen molar-refractivity contribution in [2.24, 2.45) is 0 Å². The Bertz CT molecular complexity index is 469. The molecule has 0 unspecified atom stereocenters. The molecule has 1 aromatic heterocycles. The number of nitrogens with one attached hydrogen (secondary N) is 1. The summed E-state index contributed by atoms with van der Waals surface area (Å²) in [5.74, 6) is -0.197. The number of nitrogens with zero attached hydrogens (tertiary/aromatic N) is 1. The summed E-state index contributed by atoms with van der Waals surface area (Å²) in [6.07, 6.45) is 1.70. The first-order chi connectivity index (χ1) is 7.81. The van der Waals surface area contributed by atoms with E-state index in [4.69, 9.17) is 0 Å². The third-order valence-corrected chi connectivity index (χ3v) is 2.38. The zero-order valence-electron chi connectivity index (χ0n) is 9.07. The fourth-order valence-electron chi connectivity index (χ4n) is 1.57. The van der Waals surface area contributed by atoms with Crippen molar-refractivity contribution >= 4 is 0 Å². The van der Waals surface area contributed by atoms with Crippen LogP contribution >= 0.6 is 0 Å². The van der Waals surface area contributed by atoms with Crippen LogP contribution in [0.3, 0.4) is 0 Å². The molecule has 0 spiro atoms. The molecule has 0 bridgehead atoms. The van der Waals surface area contributed by atoms with E-state index in [-0.39, 0.29) is 5.82 Å². The molecule has 1 aromatic carbocycles. The second-order valence-corrected chi connectivity index (χ2v) is 3.55. The molecule has 16 heavy (non-hydrogen) atoms. The second kappa shape index (κ2) is 4.86. The van der Waals surface area contributed by atoms with Gasteiger partial charge in [-0.2, -0.15) is 0 Å². The van der Waals surface area contributed by atoms with Gasteiger partial charge in [0.15, 0.2) is 0 Å².